The molecule has 110 valence electrons. The summed E-state index contributed by atoms with van der Waals surface area (Å²) >= 11 is 5.96. The molecule has 0 spiro atoms. The molecular weight excluding hydrogens is 302 g/mol. The van der Waals surface area contributed by atoms with Gasteiger partial charge in [-0.1, -0.05) is 18.2 Å². The molecule has 0 radical (unpaired) electrons. The fourth-order valence-electron chi connectivity index (χ4n) is 2.16. The molecule has 6 heteroatoms. The molecule has 0 saturated heterocycles. The molecule has 3 rings (SSSR count). The number of aryl methyl sites for hydroxylation is 1. The number of hydrogen-bond donors (Lipinski definition) is 2. The van der Waals surface area contributed by atoms with E-state index in [-0.39, 0.29) is 10.8 Å². The summed E-state index contributed by atoms with van der Waals surface area (Å²) in [6.45, 7) is 1.89. The quantitative estimate of drug-likeness (QED) is 0.714. The number of nitrogens with zero attached hydrogens (tertiary/aromatic N) is 2. The number of carbonyl (C=O) groups is 1. The van der Waals surface area contributed by atoms with Gasteiger partial charge >= 0.3 is 5.97 Å². The highest BCUT2D eigenvalue weighted by Crippen LogP contribution is 2.27. The van der Waals surface area contributed by atoms with Gasteiger partial charge in [0.1, 0.15) is 5.82 Å². The van der Waals surface area contributed by atoms with Crippen molar-refractivity contribution in [1.29, 1.82) is 0 Å². The Bertz CT molecular complexity index is 880. The van der Waals surface area contributed by atoms with Crippen LogP contribution >= 0.6 is 11.6 Å². The van der Waals surface area contributed by atoms with Gasteiger partial charge in [0.05, 0.1) is 11.1 Å². The number of aromatic nitrogens is 2. The van der Waals surface area contributed by atoms with Crippen molar-refractivity contribution in [3.8, 4) is 0 Å². The summed E-state index contributed by atoms with van der Waals surface area (Å²) in [7, 11) is 0. The Hall–Kier alpha value is -2.66. The zero-order chi connectivity index (χ0) is 15.7. The molecular formula is C16H12ClN3O2. The summed E-state index contributed by atoms with van der Waals surface area (Å²) in [6, 6.07) is 12.4. The molecule has 1 aromatic heterocycles. The van der Waals surface area contributed by atoms with Crippen LogP contribution in [0.1, 0.15) is 15.9 Å². The Morgan fingerprint density at radius 1 is 1.18 bits per heavy atom. The van der Waals surface area contributed by atoms with Crippen molar-refractivity contribution in [2.75, 3.05) is 5.32 Å². The van der Waals surface area contributed by atoms with Gasteiger partial charge in [-0.05, 0) is 48.4 Å². The van der Waals surface area contributed by atoms with E-state index in [9.17, 15) is 4.79 Å². The monoisotopic (exact) mass is 313 g/mol. The zero-order valence-corrected chi connectivity index (χ0v) is 12.4. The molecule has 0 aliphatic carbocycles. The van der Waals surface area contributed by atoms with Crippen molar-refractivity contribution in [1.82, 2.24) is 9.97 Å². The average molecular weight is 314 g/mol. The van der Waals surface area contributed by atoms with Gasteiger partial charge in [-0.15, -0.1) is 0 Å². The van der Waals surface area contributed by atoms with Crippen LogP contribution in [0.4, 0.5) is 11.5 Å². The van der Waals surface area contributed by atoms with E-state index < -0.39 is 5.97 Å². The molecule has 3 aromatic rings. The summed E-state index contributed by atoms with van der Waals surface area (Å²) in [5.74, 6) is -0.435. The van der Waals surface area contributed by atoms with E-state index in [2.05, 4.69) is 15.3 Å². The zero-order valence-electron chi connectivity index (χ0n) is 11.7. The SMILES string of the molecule is Cc1ccc(C(=O)O)cc1Nc1nc(Cl)nc2ccccc12. The minimum atomic E-state index is -0.978. The first-order chi connectivity index (χ1) is 10.5. The molecule has 0 aliphatic heterocycles. The number of fused-ring (bicyclic) bond motifs is 1. The maximum Gasteiger partial charge on any atom is 0.335 e. The predicted octanol–water partition coefficient (Wildman–Crippen LogP) is 4.03. The third kappa shape index (κ3) is 2.71. The lowest BCUT2D eigenvalue weighted by atomic mass is 10.1. The average Bonchev–Trinajstić information content (AvgIpc) is 2.49. The number of para-hydroxylation sites is 1. The maximum absolute atomic E-state index is 11.1. The number of anilines is 2. The van der Waals surface area contributed by atoms with E-state index in [1.807, 2.05) is 31.2 Å². The van der Waals surface area contributed by atoms with Crippen molar-refractivity contribution in [2.24, 2.45) is 0 Å². The van der Waals surface area contributed by atoms with Crippen LogP contribution in [-0.4, -0.2) is 21.0 Å². The molecule has 0 atom stereocenters. The smallest absolute Gasteiger partial charge is 0.335 e. The second-order valence-electron chi connectivity index (χ2n) is 4.82. The fourth-order valence-corrected chi connectivity index (χ4v) is 2.34. The molecule has 0 unspecified atom stereocenters. The van der Waals surface area contributed by atoms with Gasteiger partial charge in [-0.25, -0.2) is 9.78 Å². The van der Waals surface area contributed by atoms with Crippen molar-refractivity contribution < 1.29 is 9.90 Å². The lowest BCUT2D eigenvalue weighted by Crippen LogP contribution is -2.02. The minimum Gasteiger partial charge on any atom is -0.478 e. The van der Waals surface area contributed by atoms with E-state index in [0.717, 1.165) is 16.5 Å². The number of aromatic carboxylic acids is 1. The molecule has 1 heterocycles. The number of nitrogens with one attached hydrogen (secondary N) is 1. The first-order valence-electron chi connectivity index (χ1n) is 6.58. The van der Waals surface area contributed by atoms with E-state index in [0.29, 0.717) is 11.5 Å². The molecule has 2 N–H and O–H groups in total. The third-order valence-corrected chi connectivity index (χ3v) is 3.48. The highest BCUT2D eigenvalue weighted by atomic mass is 35.5. The van der Waals surface area contributed by atoms with Gasteiger partial charge in [-0.2, -0.15) is 4.98 Å². The number of halogens is 1. The van der Waals surface area contributed by atoms with Crippen molar-refractivity contribution in [3.05, 3.63) is 58.9 Å². The number of rotatable bonds is 3. The highest BCUT2D eigenvalue weighted by Gasteiger charge is 2.10. The van der Waals surface area contributed by atoms with Gasteiger partial charge < -0.3 is 10.4 Å². The van der Waals surface area contributed by atoms with Crippen molar-refractivity contribution in [3.63, 3.8) is 0 Å². The Morgan fingerprint density at radius 3 is 2.73 bits per heavy atom. The number of hydrogen-bond acceptors (Lipinski definition) is 4. The Morgan fingerprint density at radius 2 is 1.95 bits per heavy atom. The van der Waals surface area contributed by atoms with Crippen LogP contribution in [0.5, 0.6) is 0 Å². The highest BCUT2D eigenvalue weighted by molar-refractivity contribution is 6.28. The molecule has 0 saturated carbocycles. The molecule has 0 amide bonds. The van der Waals surface area contributed by atoms with Crippen LogP contribution in [0.3, 0.4) is 0 Å². The van der Waals surface area contributed by atoms with E-state index in [1.54, 1.807) is 18.2 Å². The molecule has 5 nitrogen and oxygen atoms in total. The Labute approximate surface area is 131 Å². The van der Waals surface area contributed by atoms with Crippen molar-refractivity contribution >= 4 is 40.0 Å². The van der Waals surface area contributed by atoms with E-state index in [1.165, 1.54) is 0 Å². The lowest BCUT2D eigenvalue weighted by Gasteiger charge is -2.12. The molecule has 0 fully saturated rings. The van der Waals surface area contributed by atoms with Crippen LogP contribution in [0.15, 0.2) is 42.5 Å². The Balaban J connectivity index is 2.10. The number of carboxylic acids is 1. The van der Waals surface area contributed by atoms with Gasteiger partial charge in [0.25, 0.3) is 0 Å². The second kappa shape index (κ2) is 5.61. The first kappa shape index (κ1) is 14.3. The number of benzene rings is 2. The van der Waals surface area contributed by atoms with Crippen LogP contribution in [-0.2, 0) is 0 Å². The van der Waals surface area contributed by atoms with Gasteiger partial charge in [0.2, 0.25) is 5.28 Å². The van der Waals surface area contributed by atoms with Gasteiger partial charge in [0.15, 0.2) is 0 Å². The summed E-state index contributed by atoms with van der Waals surface area (Å²) in [6.07, 6.45) is 0. The van der Waals surface area contributed by atoms with Crippen LogP contribution in [0.2, 0.25) is 5.28 Å². The second-order valence-corrected chi connectivity index (χ2v) is 5.16. The molecule has 2 aromatic carbocycles. The van der Waals surface area contributed by atoms with Crippen LogP contribution in [0.25, 0.3) is 10.9 Å². The van der Waals surface area contributed by atoms with Gasteiger partial charge in [-0.3, -0.25) is 0 Å². The molecule has 22 heavy (non-hydrogen) atoms. The normalized spacial score (nSPS) is 10.6. The molecule has 0 aliphatic rings. The van der Waals surface area contributed by atoms with Gasteiger partial charge in [0, 0.05) is 11.1 Å². The van der Waals surface area contributed by atoms with Crippen LogP contribution in [0, 0.1) is 6.92 Å². The third-order valence-electron chi connectivity index (χ3n) is 3.31. The summed E-state index contributed by atoms with van der Waals surface area (Å²) < 4.78 is 0. The van der Waals surface area contributed by atoms with Crippen LogP contribution < -0.4 is 5.32 Å². The van der Waals surface area contributed by atoms with Crippen molar-refractivity contribution in [2.45, 2.75) is 6.92 Å². The predicted molar refractivity (Wildman–Crippen MR) is 86.0 cm³/mol. The first-order valence-corrected chi connectivity index (χ1v) is 6.95. The topological polar surface area (TPSA) is 75.1 Å². The maximum atomic E-state index is 11.1. The Kier molecular flexibility index (Phi) is 3.65. The standard InChI is InChI=1S/C16H12ClN3O2/c1-9-6-7-10(15(21)22)8-13(9)18-14-11-4-2-3-5-12(11)19-16(17)20-14/h2-8H,1H3,(H,21,22)(H,18,19,20). The number of carboxylic acid groups (broad SMARTS) is 1. The minimum absolute atomic E-state index is 0.133. The lowest BCUT2D eigenvalue weighted by molar-refractivity contribution is 0.0697. The molecule has 0 bridgehead atoms. The summed E-state index contributed by atoms with van der Waals surface area (Å²) in [5.41, 5.74) is 2.50. The summed E-state index contributed by atoms with van der Waals surface area (Å²) in [4.78, 5) is 19.5. The van der Waals surface area contributed by atoms with E-state index in [4.69, 9.17) is 16.7 Å². The summed E-state index contributed by atoms with van der Waals surface area (Å²) in [5, 5.41) is 13.2. The largest absolute Gasteiger partial charge is 0.478 e. The van der Waals surface area contributed by atoms with E-state index >= 15 is 0 Å². The fraction of sp³-hybridized carbons (Fsp3) is 0.0625.